The zero-order chi connectivity index (χ0) is 39.3. The summed E-state index contributed by atoms with van der Waals surface area (Å²) in [5.74, 6) is -0.0943. The van der Waals surface area contributed by atoms with Crippen LogP contribution in [0.25, 0.3) is 0 Å². The molecule has 0 aliphatic rings. The first-order chi connectivity index (χ1) is 26.7. The molecule has 0 aliphatic heterocycles. The maximum Gasteiger partial charge on any atom is 0.220 e. The monoisotopic (exact) mass is 754 g/mol. The van der Waals surface area contributed by atoms with Crippen LogP contribution in [0.15, 0.2) is 60.8 Å². The minimum atomic E-state index is -0.878. The molecule has 0 saturated heterocycles. The van der Waals surface area contributed by atoms with Crippen molar-refractivity contribution in [1.82, 2.24) is 5.32 Å². The first-order valence-electron chi connectivity index (χ1n) is 23.5. The molecule has 0 aromatic rings. The third-order valence-electron chi connectivity index (χ3n) is 10.4. The highest BCUT2D eigenvalue weighted by molar-refractivity contribution is 5.76. The molecule has 1 amide bonds. The van der Waals surface area contributed by atoms with Gasteiger partial charge in [0.25, 0.3) is 0 Å². The minimum Gasteiger partial charge on any atom is -0.394 e. The number of carbonyl (C=O) groups excluding carboxylic acids is 1. The standard InChI is InChI=1S/C50H91NO3/c1-3-5-7-9-11-13-15-17-18-19-20-21-22-23-24-25-26-27-28-29-30-31-32-34-35-37-39-41-43-45-49(53)48(47-52)51-50(54)46-44-42-40-38-36-33-16-14-12-10-8-6-4-2/h8,10,14,16,30-31,35,37,43,45,48-49,52-53H,3-7,9,11-13,15,17-29,32-34,36,38-42,44,46-47H2,1-2H3,(H,51,54)/b10-8-,16-14-,31-30+,37-35+,45-43+. The second-order valence-corrected chi connectivity index (χ2v) is 15.8. The zero-order valence-electron chi connectivity index (χ0n) is 36.0. The van der Waals surface area contributed by atoms with E-state index in [9.17, 15) is 15.0 Å². The molecule has 0 heterocycles. The lowest BCUT2D eigenvalue weighted by Gasteiger charge is -2.19. The van der Waals surface area contributed by atoms with E-state index in [4.69, 9.17) is 0 Å². The van der Waals surface area contributed by atoms with Gasteiger partial charge in [-0.05, 0) is 70.6 Å². The molecule has 0 bridgehead atoms. The van der Waals surface area contributed by atoms with Gasteiger partial charge in [-0.15, -0.1) is 0 Å². The topological polar surface area (TPSA) is 69.6 Å². The third kappa shape index (κ3) is 41.3. The summed E-state index contributed by atoms with van der Waals surface area (Å²) < 4.78 is 0. The quantitative estimate of drug-likeness (QED) is 0.0429. The Morgan fingerprint density at radius 1 is 0.444 bits per heavy atom. The lowest BCUT2D eigenvalue weighted by Crippen LogP contribution is -2.45. The Morgan fingerprint density at radius 3 is 1.26 bits per heavy atom. The Kier molecular flexibility index (Phi) is 43.9. The average molecular weight is 754 g/mol. The third-order valence-corrected chi connectivity index (χ3v) is 10.4. The van der Waals surface area contributed by atoms with E-state index in [1.165, 1.54) is 154 Å². The number of carbonyl (C=O) groups is 1. The van der Waals surface area contributed by atoms with Gasteiger partial charge in [-0.2, -0.15) is 0 Å². The lowest BCUT2D eigenvalue weighted by atomic mass is 10.0. The summed E-state index contributed by atoms with van der Waals surface area (Å²) in [4.78, 5) is 12.3. The van der Waals surface area contributed by atoms with E-state index in [1.807, 2.05) is 6.08 Å². The summed E-state index contributed by atoms with van der Waals surface area (Å²) in [6.45, 7) is 4.22. The van der Waals surface area contributed by atoms with Crippen LogP contribution in [0.4, 0.5) is 0 Å². The van der Waals surface area contributed by atoms with Crippen molar-refractivity contribution in [2.24, 2.45) is 0 Å². The second kappa shape index (κ2) is 45.5. The van der Waals surface area contributed by atoms with Gasteiger partial charge in [0.1, 0.15) is 0 Å². The molecule has 4 heteroatoms. The molecule has 0 aliphatic carbocycles. The molecule has 0 saturated carbocycles. The fourth-order valence-electron chi connectivity index (χ4n) is 6.84. The fraction of sp³-hybridized carbons (Fsp3) is 0.780. The number of rotatable bonds is 42. The van der Waals surface area contributed by atoms with Crippen LogP contribution in [0, 0.1) is 0 Å². The van der Waals surface area contributed by atoms with Crippen molar-refractivity contribution in [3.63, 3.8) is 0 Å². The van der Waals surface area contributed by atoms with Gasteiger partial charge in [0.05, 0.1) is 18.8 Å². The smallest absolute Gasteiger partial charge is 0.220 e. The van der Waals surface area contributed by atoms with E-state index < -0.39 is 12.1 Å². The van der Waals surface area contributed by atoms with Crippen LogP contribution in [0.5, 0.6) is 0 Å². The van der Waals surface area contributed by atoms with Crippen LogP contribution in [-0.2, 0) is 4.79 Å². The van der Waals surface area contributed by atoms with Crippen molar-refractivity contribution in [1.29, 1.82) is 0 Å². The van der Waals surface area contributed by atoms with Gasteiger partial charge in [0.15, 0.2) is 0 Å². The van der Waals surface area contributed by atoms with Crippen LogP contribution in [-0.4, -0.2) is 34.9 Å². The highest BCUT2D eigenvalue weighted by atomic mass is 16.3. The van der Waals surface area contributed by atoms with E-state index in [1.54, 1.807) is 6.08 Å². The maximum atomic E-state index is 12.3. The molecule has 2 unspecified atom stereocenters. The molecule has 0 aromatic carbocycles. The van der Waals surface area contributed by atoms with Crippen molar-refractivity contribution in [3.8, 4) is 0 Å². The van der Waals surface area contributed by atoms with E-state index in [2.05, 4.69) is 67.8 Å². The molecular weight excluding hydrogens is 663 g/mol. The van der Waals surface area contributed by atoms with Crippen molar-refractivity contribution in [2.75, 3.05) is 6.61 Å². The normalized spacial score (nSPS) is 13.5. The van der Waals surface area contributed by atoms with Gasteiger partial charge < -0.3 is 15.5 Å². The van der Waals surface area contributed by atoms with Crippen molar-refractivity contribution < 1.29 is 15.0 Å². The molecule has 0 radical (unpaired) electrons. The molecule has 0 spiro atoms. The summed E-state index contributed by atoms with van der Waals surface area (Å²) in [5, 5.41) is 23.0. The van der Waals surface area contributed by atoms with E-state index in [0.717, 1.165) is 57.8 Å². The average Bonchev–Trinajstić information content (AvgIpc) is 3.18. The SMILES string of the molecule is CCC/C=C\C/C=C\CCCCCCCC(=O)NC(CO)C(O)/C=C/CC/C=C/CC/C=C/CCCCCCCCCCCCCCCCCCCCC. The van der Waals surface area contributed by atoms with Gasteiger partial charge >= 0.3 is 0 Å². The maximum absolute atomic E-state index is 12.3. The summed E-state index contributed by atoms with van der Waals surface area (Å²) in [6.07, 6.45) is 63.6. The van der Waals surface area contributed by atoms with Crippen LogP contribution in [0.2, 0.25) is 0 Å². The summed E-state index contributed by atoms with van der Waals surface area (Å²) >= 11 is 0. The Labute approximate surface area is 336 Å². The second-order valence-electron chi connectivity index (χ2n) is 15.8. The summed E-state index contributed by atoms with van der Waals surface area (Å²) in [5.41, 5.74) is 0. The fourth-order valence-corrected chi connectivity index (χ4v) is 6.84. The molecular formula is C50H91NO3. The number of nitrogens with one attached hydrogen (secondary N) is 1. The Morgan fingerprint density at radius 2 is 0.815 bits per heavy atom. The van der Waals surface area contributed by atoms with Gasteiger partial charge in [-0.3, -0.25) is 4.79 Å². The van der Waals surface area contributed by atoms with Gasteiger partial charge in [0.2, 0.25) is 5.91 Å². The molecule has 0 aromatic heterocycles. The van der Waals surface area contributed by atoms with E-state index in [-0.39, 0.29) is 12.5 Å². The Balaban J connectivity index is 3.59. The van der Waals surface area contributed by atoms with Crippen LogP contribution in [0.3, 0.4) is 0 Å². The number of aliphatic hydroxyl groups is 2. The van der Waals surface area contributed by atoms with Crippen LogP contribution >= 0.6 is 0 Å². The highest BCUT2D eigenvalue weighted by Gasteiger charge is 2.17. The molecule has 0 rings (SSSR count). The summed E-state index contributed by atoms with van der Waals surface area (Å²) in [6, 6.07) is -0.654. The number of hydrogen-bond donors (Lipinski definition) is 3. The predicted molar refractivity (Wildman–Crippen MR) is 239 cm³/mol. The number of amides is 1. The Bertz CT molecular complexity index is 904. The highest BCUT2D eigenvalue weighted by Crippen LogP contribution is 2.15. The van der Waals surface area contributed by atoms with Gasteiger partial charge in [-0.25, -0.2) is 0 Å². The number of hydrogen-bond acceptors (Lipinski definition) is 3. The molecule has 314 valence electrons. The number of unbranched alkanes of at least 4 members (excludes halogenated alkanes) is 27. The predicted octanol–water partition coefficient (Wildman–Crippen LogP) is 14.9. The first-order valence-corrected chi connectivity index (χ1v) is 23.5. The zero-order valence-corrected chi connectivity index (χ0v) is 36.0. The van der Waals surface area contributed by atoms with Crippen molar-refractivity contribution in [2.45, 2.75) is 244 Å². The first kappa shape index (κ1) is 52.1. The van der Waals surface area contributed by atoms with Crippen LogP contribution < -0.4 is 5.32 Å². The number of allylic oxidation sites excluding steroid dienone is 9. The van der Waals surface area contributed by atoms with Crippen LogP contribution in [0.1, 0.15) is 232 Å². The van der Waals surface area contributed by atoms with E-state index >= 15 is 0 Å². The Hall–Kier alpha value is -1.91. The number of aliphatic hydroxyl groups excluding tert-OH is 2. The molecule has 4 nitrogen and oxygen atoms in total. The van der Waals surface area contributed by atoms with Crippen molar-refractivity contribution >= 4 is 5.91 Å². The molecule has 0 fully saturated rings. The lowest BCUT2D eigenvalue weighted by molar-refractivity contribution is -0.123. The van der Waals surface area contributed by atoms with E-state index in [0.29, 0.717) is 6.42 Å². The molecule has 2 atom stereocenters. The van der Waals surface area contributed by atoms with Crippen molar-refractivity contribution in [3.05, 3.63) is 60.8 Å². The largest absolute Gasteiger partial charge is 0.394 e. The summed E-state index contributed by atoms with van der Waals surface area (Å²) in [7, 11) is 0. The van der Waals surface area contributed by atoms with Gasteiger partial charge in [-0.1, -0.05) is 216 Å². The molecule has 3 N–H and O–H groups in total. The van der Waals surface area contributed by atoms with Gasteiger partial charge in [0, 0.05) is 6.42 Å². The molecule has 54 heavy (non-hydrogen) atoms. The minimum absolute atomic E-state index is 0.0943.